The van der Waals surface area contributed by atoms with Crippen molar-refractivity contribution in [1.29, 1.82) is 0 Å². The van der Waals surface area contributed by atoms with Gasteiger partial charge in [0.05, 0.1) is 20.8 Å². The average molecular weight is 512 g/mol. The first-order valence-corrected chi connectivity index (χ1v) is 9.56. The molecular formula is C22H33IN4O2. The summed E-state index contributed by atoms with van der Waals surface area (Å²) in [6.45, 7) is 5.39. The first kappa shape index (κ1) is 25.0. The lowest BCUT2D eigenvalue weighted by molar-refractivity contribution is 0.345. The van der Waals surface area contributed by atoms with Gasteiger partial charge in [0, 0.05) is 13.1 Å². The normalized spacial score (nSPS) is 11.1. The summed E-state index contributed by atoms with van der Waals surface area (Å²) in [4.78, 5) is 6.72. The maximum absolute atomic E-state index is 6.01. The van der Waals surface area contributed by atoms with Crippen LogP contribution in [-0.4, -0.2) is 45.2 Å². The van der Waals surface area contributed by atoms with Crippen LogP contribution in [0.5, 0.6) is 11.5 Å². The Hall–Kier alpha value is -2.00. The van der Waals surface area contributed by atoms with E-state index in [-0.39, 0.29) is 24.0 Å². The van der Waals surface area contributed by atoms with E-state index in [1.165, 1.54) is 5.56 Å². The monoisotopic (exact) mass is 512 g/mol. The molecule has 3 N–H and O–H groups in total. The standard InChI is InChI=1S/C22H32N4O2.HI/c1-5-26(2)16-19-8-6-7-18(13-19)15-25-22(23)24-12-11-17-9-10-20(27-3)21(14-17)28-4;/h6-10,13-14H,5,11-12,15-16H2,1-4H3,(H3,23,24,25);1H. The summed E-state index contributed by atoms with van der Waals surface area (Å²) in [6.07, 6.45) is 0.815. The Morgan fingerprint density at radius 2 is 1.76 bits per heavy atom. The molecule has 0 aliphatic carbocycles. The molecule has 0 saturated heterocycles. The smallest absolute Gasteiger partial charge is 0.188 e. The van der Waals surface area contributed by atoms with Crippen LogP contribution in [0.15, 0.2) is 47.5 Å². The lowest BCUT2D eigenvalue weighted by Crippen LogP contribution is -2.33. The number of halogens is 1. The number of methoxy groups -OCH3 is 2. The highest BCUT2D eigenvalue weighted by molar-refractivity contribution is 14.0. The fraction of sp³-hybridized carbons (Fsp3) is 0.409. The number of nitrogens with zero attached hydrogens (tertiary/aromatic N) is 2. The minimum Gasteiger partial charge on any atom is -0.493 e. The van der Waals surface area contributed by atoms with E-state index in [2.05, 4.69) is 53.4 Å². The first-order valence-electron chi connectivity index (χ1n) is 9.56. The molecule has 0 fully saturated rings. The van der Waals surface area contributed by atoms with Gasteiger partial charge in [0.25, 0.3) is 0 Å². The van der Waals surface area contributed by atoms with E-state index in [9.17, 15) is 0 Å². The van der Waals surface area contributed by atoms with Crippen LogP contribution in [0.4, 0.5) is 0 Å². The number of benzene rings is 2. The molecule has 0 spiro atoms. The minimum atomic E-state index is 0. The van der Waals surface area contributed by atoms with E-state index < -0.39 is 0 Å². The summed E-state index contributed by atoms with van der Waals surface area (Å²) in [5.41, 5.74) is 9.61. The van der Waals surface area contributed by atoms with Crippen molar-refractivity contribution in [3.63, 3.8) is 0 Å². The Bertz CT molecular complexity index is 783. The molecule has 0 aliphatic rings. The lowest BCUT2D eigenvalue weighted by Gasteiger charge is -2.14. The molecule has 0 unspecified atom stereocenters. The molecule has 2 aromatic rings. The van der Waals surface area contributed by atoms with Crippen LogP contribution in [0, 0.1) is 0 Å². The van der Waals surface area contributed by atoms with Crippen molar-refractivity contribution in [3.8, 4) is 11.5 Å². The molecule has 160 valence electrons. The van der Waals surface area contributed by atoms with Gasteiger partial charge in [-0.25, -0.2) is 4.99 Å². The van der Waals surface area contributed by atoms with E-state index >= 15 is 0 Å². The number of hydrogen-bond acceptors (Lipinski definition) is 4. The predicted molar refractivity (Wildman–Crippen MR) is 130 cm³/mol. The molecule has 0 bridgehead atoms. The zero-order valence-corrected chi connectivity index (χ0v) is 20.1. The zero-order chi connectivity index (χ0) is 20.4. The predicted octanol–water partition coefficient (Wildman–Crippen LogP) is 3.42. The molecule has 0 atom stereocenters. The summed E-state index contributed by atoms with van der Waals surface area (Å²) in [7, 11) is 5.39. The van der Waals surface area contributed by atoms with E-state index in [0.29, 0.717) is 19.0 Å². The van der Waals surface area contributed by atoms with Gasteiger partial charge in [-0.2, -0.15) is 0 Å². The minimum absolute atomic E-state index is 0. The third kappa shape index (κ3) is 8.49. The molecule has 0 aromatic heterocycles. The number of nitrogens with one attached hydrogen (secondary N) is 1. The SMILES string of the molecule is CCN(C)Cc1cccc(CN=C(N)NCCc2ccc(OC)c(OC)c2)c1.I. The highest BCUT2D eigenvalue weighted by Gasteiger charge is 2.04. The van der Waals surface area contributed by atoms with Gasteiger partial charge in [-0.05, 0) is 48.8 Å². The second-order valence-electron chi connectivity index (χ2n) is 6.72. The molecule has 0 saturated carbocycles. The maximum atomic E-state index is 6.01. The molecule has 0 aliphatic heterocycles. The van der Waals surface area contributed by atoms with Gasteiger partial charge in [0.2, 0.25) is 0 Å². The Kier molecular flexibility index (Phi) is 11.5. The number of rotatable bonds is 10. The Morgan fingerprint density at radius 1 is 1.03 bits per heavy atom. The van der Waals surface area contributed by atoms with Crippen LogP contribution >= 0.6 is 24.0 Å². The first-order chi connectivity index (χ1) is 13.5. The molecule has 0 heterocycles. The number of hydrogen-bond donors (Lipinski definition) is 2. The van der Waals surface area contributed by atoms with Crippen molar-refractivity contribution in [2.24, 2.45) is 10.7 Å². The third-order valence-electron chi connectivity index (χ3n) is 4.58. The summed E-state index contributed by atoms with van der Waals surface area (Å²) < 4.78 is 10.6. The Morgan fingerprint density at radius 3 is 2.45 bits per heavy atom. The van der Waals surface area contributed by atoms with Gasteiger partial charge in [0.15, 0.2) is 17.5 Å². The molecule has 0 amide bonds. The number of nitrogens with two attached hydrogens (primary N) is 1. The number of aliphatic imine (C=N–C) groups is 1. The van der Waals surface area contributed by atoms with Crippen LogP contribution in [0.1, 0.15) is 23.6 Å². The largest absolute Gasteiger partial charge is 0.493 e. The van der Waals surface area contributed by atoms with E-state index in [1.807, 2.05) is 18.2 Å². The van der Waals surface area contributed by atoms with Gasteiger partial charge in [-0.1, -0.05) is 37.3 Å². The molecular weight excluding hydrogens is 479 g/mol. The third-order valence-corrected chi connectivity index (χ3v) is 4.58. The van der Waals surface area contributed by atoms with Crippen molar-refractivity contribution in [3.05, 3.63) is 59.2 Å². The summed E-state index contributed by atoms with van der Waals surface area (Å²) in [5.74, 6) is 1.92. The van der Waals surface area contributed by atoms with E-state index in [4.69, 9.17) is 15.2 Å². The zero-order valence-electron chi connectivity index (χ0n) is 17.8. The van der Waals surface area contributed by atoms with Gasteiger partial charge < -0.3 is 25.4 Å². The van der Waals surface area contributed by atoms with Crippen molar-refractivity contribution in [2.75, 3.05) is 34.4 Å². The quantitative estimate of drug-likeness (QED) is 0.290. The molecule has 2 aromatic carbocycles. The van der Waals surface area contributed by atoms with Crippen molar-refractivity contribution >= 4 is 29.9 Å². The van der Waals surface area contributed by atoms with Crippen LogP contribution in [-0.2, 0) is 19.5 Å². The van der Waals surface area contributed by atoms with Crippen molar-refractivity contribution < 1.29 is 9.47 Å². The summed E-state index contributed by atoms with van der Waals surface area (Å²) in [6, 6.07) is 14.4. The topological polar surface area (TPSA) is 72.1 Å². The number of ether oxygens (including phenoxy) is 2. The van der Waals surface area contributed by atoms with Crippen molar-refractivity contribution in [1.82, 2.24) is 10.2 Å². The highest BCUT2D eigenvalue weighted by Crippen LogP contribution is 2.27. The summed E-state index contributed by atoms with van der Waals surface area (Å²) in [5, 5.41) is 3.17. The molecule has 0 radical (unpaired) electrons. The fourth-order valence-electron chi connectivity index (χ4n) is 2.85. The van der Waals surface area contributed by atoms with Crippen LogP contribution in [0.2, 0.25) is 0 Å². The number of guanidine groups is 1. The second-order valence-corrected chi connectivity index (χ2v) is 6.72. The molecule has 29 heavy (non-hydrogen) atoms. The van der Waals surface area contributed by atoms with Gasteiger partial charge in [-0.15, -0.1) is 24.0 Å². The average Bonchev–Trinajstić information content (AvgIpc) is 2.72. The van der Waals surface area contributed by atoms with Crippen molar-refractivity contribution in [2.45, 2.75) is 26.4 Å². The Labute approximate surface area is 191 Å². The van der Waals surface area contributed by atoms with Crippen LogP contribution in [0.25, 0.3) is 0 Å². The van der Waals surface area contributed by atoms with Gasteiger partial charge >= 0.3 is 0 Å². The molecule has 7 heteroatoms. The van der Waals surface area contributed by atoms with Crippen LogP contribution < -0.4 is 20.5 Å². The van der Waals surface area contributed by atoms with E-state index in [1.54, 1.807) is 14.2 Å². The maximum Gasteiger partial charge on any atom is 0.188 e. The highest BCUT2D eigenvalue weighted by atomic mass is 127. The second kappa shape index (κ2) is 13.3. The Balaban J connectivity index is 0.00000420. The lowest BCUT2D eigenvalue weighted by atomic mass is 10.1. The molecule has 2 rings (SSSR count). The van der Waals surface area contributed by atoms with E-state index in [0.717, 1.165) is 42.1 Å². The van der Waals surface area contributed by atoms with Gasteiger partial charge in [-0.3, -0.25) is 0 Å². The van der Waals surface area contributed by atoms with Crippen LogP contribution in [0.3, 0.4) is 0 Å². The van der Waals surface area contributed by atoms with Gasteiger partial charge in [0.1, 0.15) is 0 Å². The fourth-order valence-corrected chi connectivity index (χ4v) is 2.85. The summed E-state index contributed by atoms with van der Waals surface area (Å²) >= 11 is 0. The molecule has 6 nitrogen and oxygen atoms in total.